The highest BCUT2D eigenvalue weighted by Crippen LogP contribution is 2.68. The maximum atomic E-state index is 13.1. The SMILES string of the molecule is C[C@H]1[C@H]2CC[C@H]3[C@@H]4CC=C5C[C@@H](N(C)C(=O)c6ccncc6)CC[C@]5(C)[C@H]4CC[C@]23CN1C. The smallest absolute Gasteiger partial charge is 0.253 e. The number of likely N-dealkylation sites (tertiary alicyclic amines) is 1. The van der Waals surface area contributed by atoms with Crippen molar-refractivity contribution in [1.82, 2.24) is 14.8 Å². The summed E-state index contributed by atoms with van der Waals surface area (Å²) in [6.45, 7) is 6.41. The van der Waals surface area contributed by atoms with Crippen molar-refractivity contribution in [2.24, 2.45) is 34.5 Å². The Kier molecular flexibility index (Phi) is 5.07. The molecule has 178 valence electrons. The van der Waals surface area contributed by atoms with Crippen LogP contribution in [0, 0.1) is 34.5 Å². The number of allylic oxidation sites excluding steroid dienone is 1. The Morgan fingerprint density at radius 1 is 1.09 bits per heavy atom. The lowest BCUT2D eigenvalue weighted by atomic mass is 9.47. The van der Waals surface area contributed by atoms with E-state index < -0.39 is 0 Å². The first kappa shape index (κ1) is 21.8. The Balaban J connectivity index is 1.22. The third-order valence-electron chi connectivity index (χ3n) is 11.5. The first-order valence-electron chi connectivity index (χ1n) is 13.4. The minimum atomic E-state index is 0.136. The van der Waals surface area contributed by atoms with E-state index in [1.807, 2.05) is 24.1 Å². The number of pyridine rings is 1. The summed E-state index contributed by atoms with van der Waals surface area (Å²) in [6, 6.07) is 4.76. The minimum Gasteiger partial charge on any atom is -0.338 e. The van der Waals surface area contributed by atoms with Gasteiger partial charge in [-0.2, -0.15) is 0 Å². The molecule has 0 bridgehead atoms. The van der Waals surface area contributed by atoms with Crippen molar-refractivity contribution < 1.29 is 4.79 Å². The third kappa shape index (κ3) is 3.05. The Bertz CT molecular complexity index is 959. The van der Waals surface area contributed by atoms with Crippen LogP contribution in [0.3, 0.4) is 0 Å². The van der Waals surface area contributed by atoms with Crippen LogP contribution in [0.1, 0.15) is 75.6 Å². The second-order valence-corrected chi connectivity index (χ2v) is 12.4. The Labute approximate surface area is 199 Å². The molecule has 4 fully saturated rings. The van der Waals surface area contributed by atoms with Crippen molar-refractivity contribution in [2.75, 3.05) is 20.6 Å². The quantitative estimate of drug-likeness (QED) is 0.569. The van der Waals surface area contributed by atoms with Crippen LogP contribution in [-0.4, -0.2) is 53.4 Å². The zero-order chi connectivity index (χ0) is 23.0. The van der Waals surface area contributed by atoms with Crippen LogP contribution in [0.2, 0.25) is 0 Å². The fourth-order valence-corrected chi connectivity index (χ4v) is 9.64. The van der Waals surface area contributed by atoms with Gasteiger partial charge in [-0.05, 0) is 112 Å². The van der Waals surface area contributed by atoms with Crippen LogP contribution in [-0.2, 0) is 0 Å². The van der Waals surface area contributed by atoms with Crippen molar-refractivity contribution in [3.05, 3.63) is 41.7 Å². The lowest BCUT2D eigenvalue weighted by Crippen LogP contribution is -2.53. The van der Waals surface area contributed by atoms with Crippen LogP contribution < -0.4 is 0 Å². The molecule has 33 heavy (non-hydrogen) atoms. The molecule has 6 rings (SSSR count). The van der Waals surface area contributed by atoms with E-state index in [-0.39, 0.29) is 5.91 Å². The summed E-state index contributed by atoms with van der Waals surface area (Å²) >= 11 is 0. The number of carbonyl (C=O) groups is 1. The summed E-state index contributed by atoms with van der Waals surface area (Å²) in [5.41, 5.74) is 3.36. The number of nitrogens with zero attached hydrogens (tertiary/aromatic N) is 3. The second kappa shape index (κ2) is 7.66. The Hall–Kier alpha value is -1.68. The number of hydrogen-bond donors (Lipinski definition) is 0. The van der Waals surface area contributed by atoms with E-state index in [2.05, 4.69) is 36.9 Å². The van der Waals surface area contributed by atoms with Gasteiger partial charge in [0, 0.05) is 43.6 Å². The lowest BCUT2D eigenvalue weighted by molar-refractivity contribution is -0.0430. The van der Waals surface area contributed by atoms with E-state index in [9.17, 15) is 4.79 Å². The van der Waals surface area contributed by atoms with Crippen LogP contribution >= 0.6 is 0 Å². The van der Waals surface area contributed by atoms with Gasteiger partial charge in [0.15, 0.2) is 0 Å². The van der Waals surface area contributed by atoms with Crippen LogP contribution in [0.4, 0.5) is 0 Å². The van der Waals surface area contributed by atoms with Gasteiger partial charge in [0.25, 0.3) is 5.91 Å². The summed E-state index contributed by atoms with van der Waals surface area (Å²) in [4.78, 5) is 21.8. The number of hydrogen-bond acceptors (Lipinski definition) is 3. The van der Waals surface area contributed by atoms with Gasteiger partial charge in [-0.25, -0.2) is 0 Å². The van der Waals surface area contributed by atoms with Crippen LogP contribution in [0.25, 0.3) is 0 Å². The average molecular weight is 448 g/mol. The first-order chi connectivity index (χ1) is 15.8. The number of aromatic nitrogens is 1. The predicted octanol–water partition coefficient (Wildman–Crippen LogP) is 5.42. The molecule has 0 N–H and O–H groups in total. The van der Waals surface area contributed by atoms with Gasteiger partial charge in [0.1, 0.15) is 0 Å². The molecule has 4 heteroatoms. The van der Waals surface area contributed by atoms with Crippen molar-refractivity contribution in [2.45, 2.75) is 77.3 Å². The molecule has 0 aromatic carbocycles. The maximum absolute atomic E-state index is 13.1. The van der Waals surface area contributed by atoms with E-state index in [0.29, 0.717) is 16.9 Å². The molecule has 8 atom stereocenters. The van der Waals surface area contributed by atoms with E-state index in [1.165, 1.54) is 45.1 Å². The fourth-order valence-electron chi connectivity index (χ4n) is 9.64. The molecule has 3 saturated carbocycles. The molecule has 2 heterocycles. The predicted molar refractivity (Wildman–Crippen MR) is 132 cm³/mol. The minimum absolute atomic E-state index is 0.136. The second-order valence-electron chi connectivity index (χ2n) is 12.4. The van der Waals surface area contributed by atoms with Gasteiger partial charge < -0.3 is 9.80 Å². The van der Waals surface area contributed by atoms with Crippen molar-refractivity contribution in [1.29, 1.82) is 0 Å². The molecule has 1 amide bonds. The number of rotatable bonds is 2. The van der Waals surface area contributed by atoms with Gasteiger partial charge in [-0.1, -0.05) is 18.6 Å². The molecular weight excluding hydrogens is 406 g/mol. The van der Waals surface area contributed by atoms with Crippen LogP contribution in [0.5, 0.6) is 0 Å². The highest BCUT2D eigenvalue weighted by molar-refractivity contribution is 5.94. The van der Waals surface area contributed by atoms with Gasteiger partial charge in [-0.15, -0.1) is 0 Å². The summed E-state index contributed by atoms with van der Waals surface area (Å²) in [6.07, 6.45) is 16.6. The molecule has 0 unspecified atom stereocenters. The van der Waals surface area contributed by atoms with Crippen molar-refractivity contribution in [3.63, 3.8) is 0 Å². The topological polar surface area (TPSA) is 36.4 Å². The molecule has 5 aliphatic rings. The van der Waals surface area contributed by atoms with Crippen molar-refractivity contribution >= 4 is 5.91 Å². The molecule has 0 radical (unpaired) electrons. The fraction of sp³-hybridized carbons (Fsp3) is 0.724. The third-order valence-corrected chi connectivity index (χ3v) is 11.5. The molecular formula is C29H41N3O. The number of amides is 1. The van der Waals surface area contributed by atoms with E-state index in [1.54, 1.807) is 18.0 Å². The van der Waals surface area contributed by atoms with Gasteiger partial charge in [-0.3, -0.25) is 9.78 Å². The van der Waals surface area contributed by atoms with Gasteiger partial charge >= 0.3 is 0 Å². The molecule has 1 aliphatic heterocycles. The van der Waals surface area contributed by atoms with E-state index >= 15 is 0 Å². The number of fused-ring (bicyclic) bond motifs is 4. The first-order valence-corrected chi connectivity index (χ1v) is 13.4. The van der Waals surface area contributed by atoms with Gasteiger partial charge in [0.2, 0.25) is 0 Å². The standard InChI is InChI=1S/C29H41N3O/c1-19-24-7-8-26-23-6-5-21-17-22(32(4)27(33)20-11-15-30-16-12-20)9-13-28(21,2)25(23)10-14-29(24,26)18-31(19)3/h5,11-12,15-16,19,22-26H,6-10,13-14,17-18H2,1-4H3/t19-,22-,23+,24+,25-,26-,28-,29-/m0/s1. The molecule has 4 nitrogen and oxygen atoms in total. The van der Waals surface area contributed by atoms with E-state index in [0.717, 1.165) is 48.1 Å². The van der Waals surface area contributed by atoms with E-state index in [4.69, 9.17) is 0 Å². The summed E-state index contributed by atoms with van der Waals surface area (Å²) in [5.74, 6) is 3.71. The largest absolute Gasteiger partial charge is 0.338 e. The zero-order valence-electron chi connectivity index (χ0n) is 21.0. The highest BCUT2D eigenvalue weighted by Gasteiger charge is 2.64. The average Bonchev–Trinajstić information content (AvgIpc) is 3.31. The zero-order valence-corrected chi connectivity index (χ0v) is 21.0. The molecule has 1 spiro atoms. The molecule has 1 aromatic rings. The van der Waals surface area contributed by atoms with Crippen molar-refractivity contribution in [3.8, 4) is 0 Å². The van der Waals surface area contributed by atoms with Crippen LogP contribution in [0.15, 0.2) is 36.2 Å². The normalized spacial score (nSPS) is 44.3. The summed E-state index contributed by atoms with van der Waals surface area (Å²) in [5, 5.41) is 0. The Morgan fingerprint density at radius 3 is 2.64 bits per heavy atom. The Morgan fingerprint density at radius 2 is 1.85 bits per heavy atom. The molecule has 4 aliphatic carbocycles. The monoisotopic (exact) mass is 447 g/mol. The van der Waals surface area contributed by atoms with Gasteiger partial charge in [0.05, 0.1) is 0 Å². The maximum Gasteiger partial charge on any atom is 0.253 e. The molecule has 1 aromatic heterocycles. The molecule has 1 saturated heterocycles. The summed E-state index contributed by atoms with van der Waals surface area (Å²) < 4.78 is 0. The lowest BCUT2D eigenvalue weighted by Gasteiger charge is -2.58. The highest BCUT2D eigenvalue weighted by atomic mass is 16.2. The number of carbonyl (C=O) groups excluding carboxylic acids is 1. The summed E-state index contributed by atoms with van der Waals surface area (Å²) in [7, 11) is 4.37.